The number of nitrogens with one attached hydrogen (secondary N) is 1. The molecule has 19 heavy (non-hydrogen) atoms. The Morgan fingerprint density at radius 2 is 2.11 bits per heavy atom. The van der Waals surface area contributed by atoms with Crippen molar-refractivity contribution >= 4 is 11.9 Å². The fraction of sp³-hybridized carbons (Fsp3) is 0.615. The molecule has 0 saturated carbocycles. The Morgan fingerprint density at radius 1 is 1.42 bits per heavy atom. The van der Waals surface area contributed by atoms with Crippen LogP contribution in [0.25, 0.3) is 0 Å². The third kappa shape index (κ3) is 4.08. The van der Waals surface area contributed by atoms with Crippen LogP contribution in [0.3, 0.4) is 0 Å². The van der Waals surface area contributed by atoms with Crippen LogP contribution in [0, 0.1) is 0 Å². The van der Waals surface area contributed by atoms with Crippen molar-refractivity contribution in [3.05, 3.63) is 18.0 Å². The Bertz CT molecular complexity index is 442. The van der Waals surface area contributed by atoms with Gasteiger partial charge < -0.3 is 10.1 Å². The van der Waals surface area contributed by atoms with Crippen molar-refractivity contribution in [2.24, 2.45) is 0 Å². The molecule has 106 valence electrons. The molecule has 2 atom stereocenters. The third-order valence-electron chi connectivity index (χ3n) is 2.89. The van der Waals surface area contributed by atoms with Crippen LogP contribution in [0.5, 0.6) is 0 Å². The quantitative estimate of drug-likeness (QED) is 0.793. The van der Waals surface area contributed by atoms with Crippen molar-refractivity contribution in [3.63, 3.8) is 0 Å². The molecule has 0 aliphatic carbocycles. The highest BCUT2D eigenvalue weighted by Crippen LogP contribution is 2.08. The lowest BCUT2D eigenvalue weighted by Crippen LogP contribution is -2.37. The second-order valence-electron chi connectivity index (χ2n) is 4.42. The summed E-state index contributed by atoms with van der Waals surface area (Å²) in [6, 6.07) is -0.341. The molecular formula is C13H21N3O3. The van der Waals surface area contributed by atoms with Gasteiger partial charge in [-0.15, -0.1) is 0 Å². The first-order chi connectivity index (χ1) is 8.99. The van der Waals surface area contributed by atoms with Gasteiger partial charge in [-0.2, -0.15) is 5.10 Å². The second kappa shape index (κ2) is 6.92. The smallest absolute Gasteiger partial charge is 0.341 e. The summed E-state index contributed by atoms with van der Waals surface area (Å²) in [5.74, 6) is -0.545. The summed E-state index contributed by atoms with van der Waals surface area (Å²) >= 11 is 0. The van der Waals surface area contributed by atoms with Gasteiger partial charge >= 0.3 is 5.97 Å². The largest absolute Gasteiger partial charge is 0.462 e. The Hall–Kier alpha value is -1.85. The lowest BCUT2D eigenvalue weighted by molar-refractivity contribution is -0.124. The van der Waals surface area contributed by atoms with Crippen molar-refractivity contribution in [1.29, 1.82) is 0 Å². The summed E-state index contributed by atoms with van der Waals surface area (Å²) in [6.45, 7) is 7.73. The molecular weight excluding hydrogens is 246 g/mol. The number of esters is 1. The van der Waals surface area contributed by atoms with Crippen LogP contribution >= 0.6 is 0 Å². The number of hydrogen-bond donors (Lipinski definition) is 1. The fourth-order valence-electron chi connectivity index (χ4n) is 1.46. The third-order valence-corrected chi connectivity index (χ3v) is 2.89. The molecule has 2 unspecified atom stereocenters. The topological polar surface area (TPSA) is 73.2 Å². The Balaban J connectivity index is 2.70. The van der Waals surface area contributed by atoms with Gasteiger partial charge in [0.2, 0.25) is 5.91 Å². The molecule has 0 saturated heterocycles. The number of carbonyl (C=O) groups excluding carboxylic acids is 2. The van der Waals surface area contributed by atoms with Gasteiger partial charge in [0.25, 0.3) is 0 Å². The van der Waals surface area contributed by atoms with E-state index in [2.05, 4.69) is 10.4 Å². The van der Waals surface area contributed by atoms with E-state index in [1.54, 1.807) is 13.8 Å². The average molecular weight is 267 g/mol. The zero-order chi connectivity index (χ0) is 14.4. The molecule has 1 aromatic heterocycles. The molecule has 1 heterocycles. The number of nitrogens with zero attached hydrogens (tertiary/aromatic N) is 2. The zero-order valence-corrected chi connectivity index (χ0v) is 11.8. The van der Waals surface area contributed by atoms with E-state index in [0.29, 0.717) is 12.2 Å². The number of carbonyl (C=O) groups is 2. The summed E-state index contributed by atoms with van der Waals surface area (Å²) in [5, 5.41) is 6.90. The number of ether oxygens (including phenoxy) is 1. The van der Waals surface area contributed by atoms with Crippen LogP contribution in [0.4, 0.5) is 0 Å². The SMILES string of the molecule is CCOC(=O)c1cnn(C(C)C(=O)NC(C)CC)c1. The molecule has 6 nitrogen and oxygen atoms in total. The molecule has 0 aliphatic heterocycles. The van der Waals surface area contributed by atoms with E-state index in [0.717, 1.165) is 6.42 Å². The molecule has 6 heteroatoms. The first-order valence-electron chi connectivity index (χ1n) is 6.51. The predicted molar refractivity (Wildman–Crippen MR) is 70.8 cm³/mol. The van der Waals surface area contributed by atoms with Gasteiger partial charge in [0.05, 0.1) is 18.4 Å². The molecule has 1 aromatic rings. The first-order valence-corrected chi connectivity index (χ1v) is 6.51. The monoisotopic (exact) mass is 267 g/mol. The molecule has 1 rings (SSSR count). The molecule has 0 fully saturated rings. The van der Waals surface area contributed by atoms with E-state index >= 15 is 0 Å². The fourth-order valence-corrected chi connectivity index (χ4v) is 1.46. The van der Waals surface area contributed by atoms with Gasteiger partial charge in [0, 0.05) is 12.2 Å². The minimum Gasteiger partial charge on any atom is -0.462 e. The number of hydrogen-bond acceptors (Lipinski definition) is 4. The molecule has 0 spiro atoms. The molecule has 1 amide bonds. The Morgan fingerprint density at radius 3 is 2.68 bits per heavy atom. The Kier molecular flexibility index (Phi) is 5.54. The molecule has 0 aliphatic rings. The summed E-state index contributed by atoms with van der Waals surface area (Å²) in [4.78, 5) is 23.4. The number of amides is 1. The van der Waals surface area contributed by atoms with Crippen LogP contribution in [-0.4, -0.2) is 34.3 Å². The molecule has 0 bridgehead atoms. The highest BCUT2D eigenvalue weighted by Gasteiger charge is 2.19. The number of rotatable bonds is 6. The lowest BCUT2D eigenvalue weighted by atomic mass is 10.2. The molecule has 0 radical (unpaired) electrons. The number of aromatic nitrogens is 2. The van der Waals surface area contributed by atoms with Crippen LogP contribution in [0.15, 0.2) is 12.4 Å². The van der Waals surface area contributed by atoms with Crippen molar-refractivity contribution in [3.8, 4) is 0 Å². The van der Waals surface area contributed by atoms with Crippen molar-refractivity contribution in [1.82, 2.24) is 15.1 Å². The van der Waals surface area contributed by atoms with Crippen molar-refractivity contribution in [2.45, 2.75) is 46.2 Å². The highest BCUT2D eigenvalue weighted by molar-refractivity contribution is 5.89. The molecule has 0 aromatic carbocycles. The van der Waals surface area contributed by atoms with Gasteiger partial charge in [0.15, 0.2) is 0 Å². The van der Waals surface area contributed by atoms with Crippen molar-refractivity contribution in [2.75, 3.05) is 6.61 Å². The van der Waals surface area contributed by atoms with Crippen LogP contribution in [0.1, 0.15) is 50.5 Å². The van der Waals surface area contributed by atoms with Gasteiger partial charge in [-0.25, -0.2) is 4.79 Å². The van der Waals surface area contributed by atoms with Gasteiger partial charge in [-0.1, -0.05) is 6.92 Å². The highest BCUT2D eigenvalue weighted by atomic mass is 16.5. The van der Waals surface area contributed by atoms with Gasteiger partial charge in [-0.05, 0) is 27.2 Å². The first kappa shape index (κ1) is 15.2. The van der Waals surface area contributed by atoms with E-state index in [4.69, 9.17) is 4.74 Å². The van der Waals surface area contributed by atoms with E-state index in [9.17, 15) is 9.59 Å². The van der Waals surface area contributed by atoms with Crippen molar-refractivity contribution < 1.29 is 14.3 Å². The maximum atomic E-state index is 11.9. The standard InChI is InChI=1S/C13H21N3O3/c1-5-9(3)15-12(17)10(4)16-8-11(7-14-16)13(18)19-6-2/h7-10H,5-6H2,1-4H3,(H,15,17). The Labute approximate surface area is 113 Å². The average Bonchev–Trinajstić information content (AvgIpc) is 2.87. The normalized spacial score (nSPS) is 13.7. The summed E-state index contributed by atoms with van der Waals surface area (Å²) < 4.78 is 6.33. The predicted octanol–water partition coefficient (Wildman–Crippen LogP) is 1.54. The van der Waals surface area contributed by atoms with Crippen LogP contribution in [-0.2, 0) is 9.53 Å². The summed E-state index contributed by atoms with van der Waals surface area (Å²) in [5.41, 5.74) is 0.352. The summed E-state index contributed by atoms with van der Waals surface area (Å²) in [7, 11) is 0. The van der Waals surface area contributed by atoms with E-state index in [-0.39, 0.29) is 11.9 Å². The lowest BCUT2D eigenvalue weighted by Gasteiger charge is -2.16. The minimum atomic E-state index is -0.461. The van der Waals surface area contributed by atoms with Gasteiger partial charge in [-0.3, -0.25) is 9.48 Å². The maximum absolute atomic E-state index is 11.9. The summed E-state index contributed by atoms with van der Waals surface area (Å²) in [6.07, 6.45) is 3.80. The van der Waals surface area contributed by atoms with Crippen LogP contribution in [0.2, 0.25) is 0 Å². The minimum absolute atomic E-state index is 0.118. The maximum Gasteiger partial charge on any atom is 0.341 e. The van der Waals surface area contributed by atoms with E-state index in [1.165, 1.54) is 17.1 Å². The van der Waals surface area contributed by atoms with Gasteiger partial charge in [0.1, 0.15) is 6.04 Å². The molecule has 1 N–H and O–H groups in total. The zero-order valence-electron chi connectivity index (χ0n) is 11.8. The van der Waals surface area contributed by atoms with E-state index in [1.807, 2.05) is 13.8 Å². The van der Waals surface area contributed by atoms with E-state index < -0.39 is 12.0 Å². The van der Waals surface area contributed by atoms with Crippen LogP contribution < -0.4 is 5.32 Å². The second-order valence-corrected chi connectivity index (χ2v) is 4.42.